The zero-order valence-corrected chi connectivity index (χ0v) is 20.0. The number of nitrogens with one attached hydrogen (secondary N) is 1. The van der Waals surface area contributed by atoms with Crippen LogP contribution in [0, 0.1) is 17.2 Å². The minimum atomic E-state index is 0.298. The molecule has 174 valence electrons. The van der Waals surface area contributed by atoms with Gasteiger partial charge in [-0.15, -0.1) is 0 Å². The molecule has 4 fully saturated rings. The molecule has 0 unspecified atom stereocenters. The van der Waals surface area contributed by atoms with Crippen molar-refractivity contribution in [2.24, 2.45) is 5.92 Å². The van der Waals surface area contributed by atoms with E-state index in [1.165, 1.54) is 42.5 Å². The number of anilines is 1. The van der Waals surface area contributed by atoms with Crippen LogP contribution in [0.25, 0.3) is 5.57 Å². The molecule has 1 aromatic heterocycles. The van der Waals surface area contributed by atoms with Gasteiger partial charge in [0.1, 0.15) is 0 Å². The first-order valence-corrected chi connectivity index (χ1v) is 13.0. The van der Waals surface area contributed by atoms with Gasteiger partial charge in [0.25, 0.3) is 0 Å². The summed E-state index contributed by atoms with van der Waals surface area (Å²) < 4.78 is 0. The molecule has 4 aliphatic carbocycles. The third kappa shape index (κ3) is 3.08. The first-order chi connectivity index (χ1) is 16.6. The SMILES string of the molecule is C[C@@H]1CC2=C(Cc3ccccc32)[C@@H](c2ccc(NC3CN(CCC#N)C3)cn2)N1C12CC(C1)C2. The molecule has 6 aliphatic rings. The smallest absolute Gasteiger partial charge is 0.0752 e. The van der Waals surface area contributed by atoms with Crippen molar-refractivity contribution in [1.29, 1.82) is 5.26 Å². The molecule has 1 aromatic carbocycles. The lowest BCUT2D eigenvalue weighted by Gasteiger charge is -2.70. The highest BCUT2D eigenvalue weighted by Crippen LogP contribution is 2.65. The zero-order valence-electron chi connectivity index (χ0n) is 20.0. The number of likely N-dealkylation sites (tertiary alicyclic amines) is 1. The molecule has 1 N–H and O–H groups in total. The molecule has 2 aromatic rings. The van der Waals surface area contributed by atoms with Crippen LogP contribution in [0.1, 0.15) is 61.9 Å². The number of benzene rings is 1. The topological polar surface area (TPSA) is 55.2 Å². The van der Waals surface area contributed by atoms with Crippen LogP contribution in [0.15, 0.2) is 48.2 Å². The molecule has 3 saturated carbocycles. The van der Waals surface area contributed by atoms with Crippen molar-refractivity contribution in [1.82, 2.24) is 14.8 Å². The Morgan fingerprint density at radius 2 is 1.97 bits per heavy atom. The number of rotatable bonds is 6. The highest BCUT2D eigenvalue weighted by atomic mass is 15.3. The van der Waals surface area contributed by atoms with Crippen molar-refractivity contribution in [3.05, 3.63) is 65.0 Å². The maximum absolute atomic E-state index is 8.78. The van der Waals surface area contributed by atoms with Crippen LogP contribution in [-0.4, -0.2) is 52.0 Å². The number of pyridine rings is 1. The highest BCUT2D eigenvalue weighted by Gasteiger charge is 2.63. The second-order valence-electron chi connectivity index (χ2n) is 11.4. The molecule has 3 heterocycles. The van der Waals surface area contributed by atoms with E-state index in [-0.39, 0.29) is 0 Å². The van der Waals surface area contributed by atoms with Gasteiger partial charge < -0.3 is 5.32 Å². The van der Waals surface area contributed by atoms with E-state index in [2.05, 4.69) is 70.7 Å². The van der Waals surface area contributed by atoms with Crippen molar-refractivity contribution in [3.8, 4) is 6.07 Å². The Balaban J connectivity index is 1.16. The molecule has 2 atom stereocenters. The number of aromatic nitrogens is 1. The molecular formula is C29H33N5. The number of hydrogen-bond acceptors (Lipinski definition) is 5. The highest BCUT2D eigenvalue weighted by molar-refractivity contribution is 5.79. The van der Waals surface area contributed by atoms with Gasteiger partial charge >= 0.3 is 0 Å². The molecule has 2 bridgehead atoms. The minimum absolute atomic E-state index is 0.298. The number of hydrogen-bond donors (Lipinski definition) is 1. The Kier molecular flexibility index (Phi) is 4.66. The van der Waals surface area contributed by atoms with Crippen LogP contribution < -0.4 is 5.32 Å². The predicted octanol–water partition coefficient (Wildman–Crippen LogP) is 4.79. The van der Waals surface area contributed by atoms with Crippen LogP contribution in [0.3, 0.4) is 0 Å². The lowest BCUT2D eigenvalue weighted by molar-refractivity contribution is -0.173. The summed E-state index contributed by atoms with van der Waals surface area (Å²) in [5, 5.41) is 12.4. The van der Waals surface area contributed by atoms with Crippen LogP contribution in [0.5, 0.6) is 0 Å². The molecular weight excluding hydrogens is 418 g/mol. The maximum Gasteiger partial charge on any atom is 0.0752 e. The summed E-state index contributed by atoms with van der Waals surface area (Å²) in [6, 6.07) is 17.1. The maximum atomic E-state index is 8.78. The van der Waals surface area contributed by atoms with E-state index in [1.54, 1.807) is 11.1 Å². The van der Waals surface area contributed by atoms with Crippen molar-refractivity contribution in [2.45, 2.75) is 69.1 Å². The fraction of sp³-hybridized carbons (Fsp3) is 0.517. The largest absolute Gasteiger partial charge is 0.378 e. The normalized spacial score (nSPS) is 32.2. The third-order valence-corrected chi connectivity index (χ3v) is 9.18. The number of fused-ring (bicyclic) bond motifs is 2. The summed E-state index contributed by atoms with van der Waals surface area (Å²) in [6.45, 7) is 5.35. The standard InChI is InChI=1S/C29H33N5/c1-19-11-25-24-6-3-2-5-21(24)12-26(25)28(34(19)29-13-20(14-29)15-29)27-8-7-22(16-31-27)32-23-17-33(18-23)10-4-9-30/h2-3,5-8,16,19-20,23,28,32H,4,10-15,17-18H2,1H3/t19-,20?,28+,29?/m1/s1. The summed E-state index contributed by atoms with van der Waals surface area (Å²) in [5.74, 6) is 0.971. The van der Waals surface area contributed by atoms with Gasteiger partial charge in [-0.05, 0) is 79.4 Å². The first-order valence-electron chi connectivity index (χ1n) is 13.0. The molecule has 34 heavy (non-hydrogen) atoms. The van der Waals surface area contributed by atoms with Gasteiger partial charge in [-0.3, -0.25) is 14.8 Å². The van der Waals surface area contributed by atoms with Crippen LogP contribution in [0.2, 0.25) is 0 Å². The summed E-state index contributed by atoms with van der Waals surface area (Å²) in [7, 11) is 0. The molecule has 8 rings (SSSR count). The van der Waals surface area contributed by atoms with Gasteiger partial charge in [-0.1, -0.05) is 24.3 Å². The Hall–Kier alpha value is -2.68. The average molecular weight is 452 g/mol. The van der Waals surface area contributed by atoms with Crippen molar-refractivity contribution < 1.29 is 0 Å². The Bertz CT molecular complexity index is 1170. The van der Waals surface area contributed by atoms with E-state index >= 15 is 0 Å². The van der Waals surface area contributed by atoms with Gasteiger partial charge in [0.05, 0.1) is 35.7 Å². The molecule has 1 saturated heterocycles. The van der Waals surface area contributed by atoms with Crippen LogP contribution in [0.4, 0.5) is 5.69 Å². The Morgan fingerprint density at radius 3 is 2.68 bits per heavy atom. The lowest BCUT2D eigenvalue weighted by Crippen LogP contribution is -2.71. The van der Waals surface area contributed by atoms with E-state index in [0.717, 1.165) is 37.7 Å². The van der Waals surface area contributed by atoms with E-state index < -0.39 is 0 Å². The lowest BCUT2D eigenvalue weighted by atomic mass is 9.48. The second-order valence-corrected chi connectivity index (χ2v) is 11.4. The van der Waals surface area contributed by atoms with Crippen molar-refractivity contribution in [2.75, 3.05) is 25.0 Å². The number of nitriles is 1. The predicted molar refractivity (Wildman–Crippen MR) is 134 cm³/mol. The minimum Gasteiger partial charge on any atom is -0.378 e. The second kappa shape index (κ2) is 7.66. The summed E-state index contributed by atoms with van der Waals surface area (Å²) in [6.07, 6.45) is 9.05. The van der Waals surface area contributed by atoms with E-state index in [1.807, 2.05) is 0 Å². The van der Waals surface area contributed by atoms with Gasteiger partial charge in [0.2, 0.25) is 0 Å². The van der Waals surface area contributed by atoms with Gasteiger partial charge in [0.15, 0.2) is 0 Å². The van der Waals surface area contributed by atoms with Gasteiger partial charge in [-0.2, -0.15) is 5.26 Å². The van der Waals surface area contributed by atoms with Crippen LogP contribution in [-0.2, 0) is 6.42 Å². The molecule has 0 spiro atoms. The van der Waals surface area contributed by atoms with Crippen molar-refractivity contribution >= 4 is 11.3 Å². The molecule has 0 radical (unpaired) electrons. The average Bonchev–Trinajstić information content (AvgIpc) is 3.12. The molecule has 5 nitrogen and oxygen atoms in total. The number of nitrogens with zero attached hydrogens (tertiary/aromatic N) is 4. The molecule has 0 amide bonds. The van der Waals surface area contributed by atoms with Gasteiger partial charge in [0, 0.05) is 37.6 Å². The summed E-state index contributed by atoms with van der Waals surface area (Å²) in [4.78, 5) is 10.3. The van der Waals surface area contributed by atoms with Crippen molar-refractivity contribution in [3.63, 3.8) is 0 Å². The van der Waals surface area contributed by atoms with E-state index in [0.29, 0.717) is 30.1 Å². The fourth-order valence-electron chi connectivity index (χ4n) is 7.52. The quantitative estimate of drug-likeness (QED) is 0.684. The van der Waals surface area contributed by atoms with E-state index in [9.17, 15) is 0 Å². The first kappa shape index (κ1) is 20.7. The van der Waals surface area contributed by atoms with Crippen LogP contribution >= 0.6 is 0 Å². The van der Waals surface area contributed by atoms with Gasteiger partial charge in [-0.25, -0.2) is 0 Å². The molecule has 2 aliphatic heterocycles. The van der Waals surface area contributed by atoms with E-state index in [4.69, 9.17) is 10.2 Å². The summed E-state index contributed by atoms with van der Waals surface area (Å²) in [5.41, 5.74) is 8.91. The fourth-order valence-corrected chi connectivity index (χ4v) is 7.52. The summed E-state index contributed by atoms with van der Waals surface area (Å²) >= 11 is 0. The monoisotopic (exact) mass is 451 g/mol. The third-order valence-electron chi connectivity index (χ3n) is 9.18. The Labute approximate surface area is 202 Å². The molecule has 5 heteroatoms. The zero-order chi connectivity index (χ0) is 22.9. The Morgan fingerprint density at radius 1 is 1.15 bits per heavy atom.